The van der Waals surface area contributed by atoms with Gasteiger partial charge in [0.15, 0.2) is 0 Å². The van der Waals surface area contributed by atoms with Crippen molar-refractivity contribution in [1.82, 2.24) is 4.90 Å². The topological polar surface area (TPSA) is 57.6 Å². The number of rotatable bonds is 17. The summed E-state index contributed by atoms with van der Waals surface area (Å²) in [6.07, 6.45) is 17.8. The fourth-order valence-corrected chi connectivity index (χ4v) is 5.43. The number of hydrogen-bond donors (Lipinski definition) is 1. The molecule has 3 rings (SSSR count). The second-order valence-corrected chi connectivity index (χ2v) is 10.9. The standard InChI is InChI=1S/C34H47NO3/c1-3-4-5-6-7-8-9-10-11-12-13-14-15-19-26-35-31(28-24-22-27(2)23-25-28)30(33(37)34(35)38)32(36)29-20-17-16-18-21-29/h16-18,20-25,31,36H,3-15,19,26H2,1-2H3/b32-30+/t31-/m0/s1. The number of aliphatic hydroxyl groups is 1. The minimum atomic E-state index is -0.595. The van der Waals surface area contributed by atoms with Crippen LogP contribution in [0.25, 0.3) is 5.76 Å². The number of carbonyl (C=O) groups excluding carboxylic acids is 2. The Morgan fingerprint density at radius 1 is 0.711 bits per heavy atom. The van der Waals surface area contributed by atoms with Crippen molar-refractivity contribution in [3.05, 3.63) is 76.9 Å². The first kappa shape index (κ1) is 29.7. The monoisotopic (exact) mass is 517 g/mol. The summed E-state index contributed by atoms with van der Waals surface area (Å²) in [6.45, 7) is 4.80. The van der Waals surface area contributed by atoms with Crippen molar-refractivity contribution in [2.75, 3.05) is 6.54 Å². The third-order valence-corrected chi connectivity index (χ3v) is 7.73. The highest BCUT2D eigenvalue weighted by Crippen LogP contribution is 2.39. The van der Waals surface area contributed by atoms with Crippen LogP contribution in [0.4, 0.5) is 0 Å². The van der Waals surface area contributed by atoms with Gasteiger partial charge in [-0.15, -0.1) is 0 Å². The van der Waals surface area contributed by atoms with E-state index in [4.69, 9.17) is 0 Å². The molecular weight excluding hydrogens is 470 g/mol. The van der Waals surface area contributed by atoms with Gasteiger partial charge in [0.05, 0.1) is 11.6 Å². The summed E-state index contributed by atoms with van der Waals surface area (Å²) in [6, 6.07) is 16.4. The molecule has 1 heterocycles. The highest BCUT2D eigenvalue weighted by Gasteiger charge is 2.45. The van der Waals surface area contributed by atoms with E-state index in [2.05, 4.69) is 6.92 Å². The summed E-state index contributed by atoms with van der Waals surface area (Å²) < 4.78 is 0. The Labute approximate surface area is 230 Å². The minimum Gasteiger partial charge on any atom is -0.507 e. The molecule has 2 aromatic carbocycles. The molecule has 1 aliphatic heterocycles. The summed E-state index contributed by atoms with van der Waals surface area (Å²) in [4.78, 5) is 27.9. The molecule has 4 nitrogen and oxygen atoms in total. The second kappa shape index (κ2) is 16.2. The number of aliphatic hydroxyl groups excluding tert-OH is 1. The average molecular weight is 518 g/mol. The maximum absolute atomic E-state index is 13.1. The van der Waals surface area contributed by atoms with E-state index in [-0.39, 0.29) is 11.3 Å². The fraction of sp³-hybridized carbons (Fsp3) is 0.529. The van der Waals surface area contributed by atoms with E-state index in [1.807, 2.05) is 49.4 Å². The highest BCUT2D eigenvalue weighted by molar-refractivity contribution is 6.46. The molecule has 38 heavy (non-hydrogen) atoms. The number of Topliss-reactive ketones (excluding diaryl/α,β-unsaturated/α-hetero) is 1. The number of amides is 1. The van der Waals surface area contributed by atoms with Gasteiger partial charge in [-0.1, -0.05) is 151 Å². The molecule has 1 N–H and O–H groups in total. The van der Waals surface area contributed by atoms with Crippen LogP contribution in [0.15, 0.2) is 60.2 Å². The van der Waals surface area contributed by atoms with E-state index < -0.39 is 17.7 Å². The molecule has 4 heteroatoms. The number of likely N-dealkylation sites (tertiary alicyclic amines) is 1. The Balaban J connectivity index is 1.50. The Morgan fingerprint density at radius 3 is 1.74 bits per heavy atom. The first-order valence-electron chi connectivity index (χ1n) is 14.9. The van der Waals surface area contributed by atoms with Crippen LogP contribution in [0.1, 0.15) is 120 Å². The molecule has 0 unspecified atom stereocenters. The number of carbonyl (C=O) groups is 2. The average Bonchev–Trinajstić information content (AvgIpc) is 3.18. The summed E-state index contributed by atoms with van der Waals surface area (Å²) >= 11 is 0. The molecule has 0 radical (unpaired) electrons. The quantitative estimate of drug-likeness (QED) is 0.0986. The van der Waals surface area contributed by atoms with Crippen molar-refractivity contribution in [3.8, 4) is 0 Å². The minimum absolute atomic E-state index is 0.0991. The molecule has 0 aliphatic carbocycles. The fourth-order valence-electron chi connectivity index (χ4n) is 5.43. The largest absolute Gasteiger partial charge is 0.507 e. The molecule has 1 amide bonds. The van der Waals surface area contributed by atoms with Crippen LogP contribution in [0.5, 0.6) is 0 Å². The predicted molar refractivity (Wildman–Crippen MR) is 157 cm³/mol. The maximum atomic E-state index is 13.1. The number of hydrogen-bond acceptors (Lipinski definition) is 3. The molecule has 1 fully saturated rings. The number of ketones is 1. The van der Waals surface area contributed by atoms with Crippen molar-refractivity contribution in [2.45, 2.75) is 110 Å². The van der Waals surface area contributed by atoms with Crippen molar-refractivity contribution in [3.63, 3.8) is 0 Å². The Hall–Kier alpha value is -2.88. The summed E-state index contributed by atoms with van der Waals surface area (Å²) in [5.41, 5.74) is 2.72. The van der Waals surface area contributed by atoms with E-state index in [1.165, 1.54) is 70.6 Å². The van der Waals surface area contributed by atoms with E-state index in [0.29, 0.717) is 12.1 Å². The zero-order valence-electron chi connectivity index (χ0n) is 23.6. The lowest BCUT2D eigenvalue weighted by molar-refractivity contribution is -0.139. The third-order valence-electron chi connectivity index (χ3n) is 7.73. The maximum Gasteiger partial charge on any atom is 0.295 e. The smallest absolute Gasteiger partial charge is 0.295 e. The molecule has 0 saturated carbocycles. The molecule has 2 aromatic rings. The van der Waals surface area contributed by atoms with Crippen LogP contribution in [0, 0.1) is 6.92 Å². The van der Waals surface area contributed by atoms with Crippen molar-refractivity contribution >= 4 is 17.4 Å². The van der Waals surface area contributed by atoms with Crippen molar-refractivity contribution in [2.24, 2.45) is 0 Å². The lowest BCUT2D eigenvalue weighted by Crippen LogP contribution is -2.30. The number of nitrogens with zero attached hydrogens (tertiary/aromatic N) is 1. The van der Waals surface area contributed by atoms with Crippen LogP contribution < -0.4 is 0 Å². The molecule has 1 saturated heterocycles. The molecule has 0 aromatic heterocycles. The van der Waals surface area contributed by atoms with Crippen LogP contribution in [0.2, 0.25) is 0 Å². The van der Waals surface area contributed by atoms with E-state index >= 15 is 0 Å². The number of aryl methyl sites for hydroxylation is 1. The molecule has 1 atom stereocenters. The SMILES string of the molecule is CCCCCCCCCCCCCCCCN1C(=O)C(=O)/C(=C(/O)c2ccccc2)[C@@H]1c1ccc(C)cc1. The predicted octanol–water partition coefficient (Wildman–Crippen LogP) is 8.90. The lowest BCUT2D eigenvalue weighted by Gasteiger charge is -2.25. The highest BCUT2D eigenvalue weighted by atomic mass is 16.3. The molecule has 0 spiro atoms. The van der Waals surface area contributed by atoms with Gasteiger partial charge < -0.3 is 10.0 Å². The Bertz CT molecular complexity index is 1030. The van der Waals surface area contributed by atoms with Crippen molar-refractivity contribution < 1.29 is 14.7 Å². The molecule has 206 valence electrons. The lowest BCUT2D eigenvalue weighted by atomic mass is 9.94. The summed E-state index contributed by atoms with van der Waals surface area (Å²) in [7, 11) is 0. The Kier molecular flexibility index (Phi) is 12.6. The van der Waals surface area contributed by atoms with Crippen LogP contribution >= 0.6 is 0 Å². The van der Waals surface area contributed by atoms with Gasteiger partial charge in [-0.2, -0.15) is 0 Å². The van der Waals surface area contributed by atoms with Gasteiger partial charge >= 0.3 is 0 Å². The summed E-state index contributed by atoms with van der Waals surface area (Å²) in [5.74, 6) is -1.21. The third kappa shape index (κ3) is 8.58. The van der Waals surface area contributed by atoms with E-state index in [0.717, 1.165) is 30.4 Å². The first-order valence-corrected chi connectivity index (χ1v) is 14.9. The van der Waals surface area contributed by atoms with Gasteiger partial charge in [0.1, 0.15) is 5.76 Å². The van der Waals surface area contributed by atoms with Gasteiger partial charge in [-0.05, 0) is 18.9 Å². The number of unbranched alkanes of at least 4 members (excludes halogenated alkanes) is 13. The first-order chi connectivity index (χ1) is 18.5. The second-order valence-electron chi connectivity index (χ2n) is 10.9. The van der Waals surface area contributed by atoms with E-state index in [9.17, 15) is 14.7 Å². The van der Waals surface area contributed by atoms with Gasteiger partial charge in [0, 0.05) is 12.1 Å². The van der Waals surface area contributed by atoms with Crippen LogP contribution in [-0.4, -0.2) is 28.2 Å². The molecule has 0 bridgehead atoms. The van der Waals surface area contributed by atoms with Gasteiger partial charge in [0.2, 0.25) is 0 Å². The Morgan fingerprint density at radius 2 is 1.21 bits per heavy atom. The zero-order valence-corrected chi connectivity index (χ0v) is 23.6. The van der Waals surface area contributed by atoms with Gasteiger partial charge in [-0.3, -0.25) is 9.59 Å². The molecule has 1 aliphatic rings. The van der Waals surface area contributed by atoms with Gasteiger partial charge in [0.25, 0.3) is 11.7 Å². The van der Waals surface area contributed by atoms with Crippen LogP contribution in [-0.2, 0) is 9.59 Å². The van der Waals surface area contributed by atoms with Gasteiger partial charge in [-0.25, -0.2) is 0 Å². The number of benzene rings is 2. The zero-order chi connectivity index (χ0) is 27.2. The van der Waals surface area contributed by atoms with Crippen molar-refractivity contribution in [1.29, 1.82) is 0 Å². The molecular formula is C34H47NO3. The van der Waals surface area contributed by atoms with E-state index in [1.54, 1.807) is 17.0 Å². The normalized spacial score (nSPS) is 16.9. The van der Waals surface area contributed by atoms with Crippen LogP contribution in [0.3, 0.4) is 0 Å². The summed E-state index contributed by atoms with van der Waals surface area (Å²) in [5, 5.41) is 11.1.